The maximum absolute atomic E-state index is 14.6. The summed E-state index contributed by atoms with van der Waals surface area (Å²) in [5, 5.41) is 8.05. The normalized spacial score (nSPS) is 25.2. The number of benzene rings is 1. The van der Waals surface area contributed by atoms with Gasteiger partial charge < -0.3 is 28.7 Å². The Morgan fingerprint density at radius 2 is 2.02 bits per heavy atom. The Balaban J connectivity index is 1.45. The summed E-state index contributed by atoms with van der Waals surface area (Å²) in [5.41, 5.74) is 8.64. The molecule has 7 atom stereocenters. The predicted octanol–water partition coefficient (Wildman–Crippen LogP) is 6.65. The number of nitrogens with zero attached hydrogens (tertiary/aromatic N) is 6. The Kier molecular flexibility index (Phi) is 13.1. The number of cyclic esters (lactones) is 1. The second-order valence-corrected chi connectivity index (χ2v) is 18.2. The van der Waals surface area contributed by atoms with Gasteiger partial charge in [0, 0.05) is 84.7 Å². The number of amides is 2. The van der Waals surface area contributed by atoms with E-state index < -0.39 is 35.5 Å². The molecule has 3 aliphatic rings. The SMILES string of the molecule is C=C/C(=C(\N=CC)[C@H](C)OC)c1c2c3cc(ccc3n1Cc1nccn1C)-c1csc(n1)[C@@H](OCC)[C@H](NC(=O)C1[C@@H](C)[C@H]1C)C(=O)N1CCC[C@H](N1)C(=O)OCC(C)(C)C2. The van der Waals surface area contributed by atoms with E-state index in [1.807, 2.05) is 63.9 Å². The lowest BCUT2D eigenvalue weighted by Crippen LogP contribution is -2.61. The van der Waals surface area contributed by atoms with Gasteiger partial charge in [0.15, 0.2) is 0 Å². The smallest absolute Gasteiger partial charge is 0.324 e. The van der Waals surface area contributed by atoms with Crippen molar-refractivity contribution in [1.29, 1.82) is 0 Å². The molecule has 0 radical (unpaired) electrons. The van der Waals surface area contributed by atoms with Gasteiger partial charge in [-0.05, 0) is 69.6 Å². The van der Waals surface area contributed by atoms with Gasteiger partial charge in [-0.25, -0.2) is 15.4 Å². The molecule has 15 heteroatoms. The van der Waals surface area contributed by atoms with Crippen molar-refractivity contribution in [2.24, 2.45) is 35.2 Å². The van der Waals surface area contributed by atoms with Gasteiger partial charge >= 0.3 is 5.97 Å². The maximum Gasteiger partial charge on any atom is 0.324 e. The van der Waals surface area contributed by atoms with Crippen LogP contribution in [0.1, 0.15) is 89.5 Å². The molecule has 2 fully saturated rings. The Labute approximate surface area is 362 Å². The lowest BCUT2D eigenvalue weighted by Gasteiger charge is -2.37. The molecule has 1 saturated heterocycles. The molecule has 2 N–H and O–H groups in total. The van der Waals surface area contributed by atoms with Crippen molar-refractivity contribution in [2.75, 3.05) is 26.9 Å². The number of imidazole rings is 1. The van der Waals surface area contributed by atoms with Crippen LogP contribution in [0.25, 0.3) is 27.7 Å². The van der Waals surface area contributed by atoms with Crippen LogP contribution in [0.3, 0.4) is 0 Å². The van der Waals surface area contributed by atoms with Crippen molar-refractivity contribution in [1.82, 2.24) is 34.9 Å². The first-order valence-electron chi connectivity index (χ1n) is 21.3. The van der Waals surface area contributed by atoms with Crippen molar-refractivity contribution in [3.05, 3.63) is 76.4 Å². The predicted molar refractivity (Wildman–Crippen MR) is 238 cm³/mol. The molecule has 326 valence electrons. The molecular weight excluding hydrogens is 793 g/mol. The number of hydrogen-bond acceptors (Lipinski definition) is 11. The van der Waals surface area contributed by atoms with Crippen molar-refractivity contribution in [3.63, 3.8) is 0 Å². The monoisotopic (exact) mass is 852 g/mol. The Hall–Kier alpha value is -4.96. The minimum Gasteiger partial charge on any atom is -0.464 e. The molecule has 3 aromatic heterocycles. The van der Waals surface area contributed by atoms with E-state index in [1.54, 1.807) is 19.5 Å². The van der Waals surface area contributed by atoms with Crippen LogP contribution in [0.4, 0.5) is 0 Å². The molecule has 1 saturated carbocycles. The number of aromatic nitrogens is 4. The Morgan fingerprint density at radius 3 is 2.67 bits per heavy atom. The molecule has 2 aliphatic heterocycles. The maximum atomic E-state index is 14.6. The molecule has 6 bridgehead atoms. The van der Waals surface area contributed by atoms with Crippen LogP contribution in [0.5, 0.6) is 0 Å². The molecule has 1 unspecified atom stereocenters. The molecule has 14 nitrogen and oxygen atoms in total. The summed E-state index contributed by atoms with van der Waals surface area (Å²) in [5.74, 6) is 0.0310. The first-order chi connectivity index (χ1) is 29.2. The summed E-state index contributed by atoms with van der Waals surface area (Å²) in [4.78, 5) is 57.0. The van der Waals surface area contributed by atoms with E-state index in [0.29, 0.717) is 43.1 Å². The number of ether oxygens (including phenoxy) is 3. The highest BCUT2D eigenvalue weighted by Gasteiger charge is 2.50. The van der Waals surface area contributed by atoms with E-state index in [0.717, 1.165) is 44.8 Å². The molecule has 4 aromatic rings. The number of aliphatic imine (C=N–C) groups is 1. The second-order valence-electron chi connectivity index (χ2n) is 17.3. The van der Waals surface area contributed by atoms with Gasteiger partial charge in [0.1, 0.15) is 29.0 Å². The van der Waals surface area contributed by atoms with Crippen molar-refractivity contribution >= 4 is 51.8 Å². The number of aryl methyl sites for hydroxylation is 1. The zero-order valence-corrected chi connectivity index (χ0v) is 37.7. The van der Waals surface area contributed by atoms with Crippen LogP contribution in [0.2, 0.25) is 0 Å². The van der Waals surface area contributed by atoms with E-state index in [-0.39, 0.29) is 43.0 Å². The number of fused-ring (bicyclic) bond motifs is 6. The standard InChI is InChI=1S/C46H60N8O6S/c1-11-30(38(47-12-2)28(6)58-10)40-32-22-46(7,8)25-60-45(57)33-15-14-19-54(51-33)44(56)39(50-42(55)37-26(4)27(37)5)41(59-13-3)43-49-34(24-61-43)29-16-17-35(31(32)21-29)53(40)23-36-48-18-20-52(36)9/h11-12,16-18,20-21,24,26-28,33,37,39,41,51H,1,13-15,19,22-23,25H2,2-10H3,(H,50,55)/b38-30+,47-12?/t26-,27+,28-,33-,37?,39-,41-/m0/s1. The summed E-state index contributed by atoms with van der Waals surface area (Å²) in [7, 11) is 3.65. The van der Waals surface area contributed by atoms with Crippen molar-refractivity contribution < 1.29 is 28.6 Å². The van der Waals surface area contributed by atoms with Crippen LogP contribution in [0.15, 0.2) is 59.3 Å². The fourth-order valence-electron chi connectivity index (χ4n) is 8.77. The fraction of sp³-hybridized carbons (Fsp3) is 0.522. The van der Waals surface area contributed by atoms with Gasteiger partial charge in [-0.1, -0.05) is 46.4 Å². The van der Waals surface area contributed by atoms with E-state index in [1.165, 1.54) is 16.3 Å². The number of allylic oxidation sites excluding steroid dienone is 2. The molecule has 1 aromatic carbocycles. The van der Waals surface area contributed by atoms with Crippen molar-refractivity contribution in [2.45, 2.75) is 98.6 Å². The second kappa shape index (κ2) is 18.2. The zero-order chi connectivity index (χ0) is 43.7. The van der Waals surface area contributed by atoms with Gasteiger partial charge in [-0.15, -0.1) is 11.3 Å². The molecular formula is C46H60N8O6S. The third kappa shape index (κ3) is 8.88. The topological polar surface area (TPSA) is 154 Å². The summed E-state index contributed by atoms with van der Waals surface area (Å²) >= 11 is 1.39. The van der Waals surface area contributed by atoms with Gasteiger partial charge in [-0.3, -0.25) is 24.4 Å². The number of hydrogen-bond donors (Lipinski definition) is 2. The number of methoxy groups -OCH3 is 1. The molecule has 61 heavy (non-hydrogen) atoms. The van der Waals surface area contributed by atoms with Gasteiger partial charge in [0.2, 0.25) is 5.91 Å². The van der Waals surface area contributed by atoms with Crippen molar-refractivity contribution in [3.8, 4) is 11.3 Å². The van der Waals surface area contributed by atoms with E-state index in [9.17, 15) is 14.4 Å². The molecule has 0 spiro atoms. The number of hydrazine groups is 1. The average molecular weight is 853 g/mol. The van der Waals surface area contributed by atoms with Crippen LogP contribution >= 0.6 is 11.3 Å². The number of esters is 1. The van der Waals surface area contributed by atoms with Gasteiger partial charge in [0.05, 0.1) is 36.3 Å². The third-order valence-electron chi connectivity index (χ3n) is 12.5. The van der Waals surface area contributed by atoms with E-state index in [4.69, 9.17) is 29.2 Å². The Morgan fingerprint density at radius 1 is 1.25 bits per heavy atom. The van der Waals surface area contributed by atoms with E-state index in [2.05, 4.69) is 53.9 Å². The van der Waals surface area contributed by atoms with Gasteiger partial charge in [-0.2, -0.15) is 0 Å². The van der Waals surface area contributed by atoms with Crippen LogP contribution < -0.4 is 10.7 Å². The quantitative estimate of drug-likeness (QED) is 0.0959. The molecule has 7 rings (SSSR count). The molecule has 1 aliphatic carbocycles. The first kappa shape index (κ1) is 44.1. The van der Waals surface area contributed by atoms with Crippen LogP contribution in [0, 0.1) is 23.2 Å². The number of carbonyl (C=O) groups excluding carboxylic acids is 3. The third-order valence-corrected chi connectivity index (χ3v) is 13.4. The molecule has 5 heterocycles. The zero-order valence-electron chi connectivity index (χ0n) is 36.9. The van der Waals surface area contributed by atoms with Gasteiger partial charge in [0.25, 0.3) is 5.91 Å². The average Bonchev–Trinajstić information content (AvgIpc) is 3.65. The summed E-state index contributed by atoms with van der Waals surface area (Å²) in [6.07, 6.45) is 7.67. The summed E-state index contributed by atoms with van der Waals surface area (Å²) in [6, 6.07) is 4.47. The minimum absolute atomic E-state index is 0.114. The highest BCUT2D eigenvalue weighted by atomic mass is 32.1. The number of thiazole rings is 1. The van der Waals surface area contributed by atoms with Crippen LogP contribution in [-0.4, -0.2) is 93.2 Å². The Bertz CT molecular complexity index is 2350. The fourth-order valence-corrected chi connectivity index (χ4v) is 9.68. The highest BCUT2D eigenvalue weighted by molar-refractivity contribution is 7.10. The largest absolute Gasteiger partial charge is 0.464 e. The number of carbonyl (C=O) groups is 3. The van der Waals surface area contributed by atoms with E-state index >= 15 is 0 Å². The summed E-state index contributed by atoms with van der Waals surface area (Å²) < 4.78 is 22.7. The number of nitrogens with one attached hydrogen (secondary N) is 2. The highest BCUT2D eigenvalue weighted by Crippen LogP contribution is 2.46. The number of rotatable bonds is 11. The first-order valence-corrected chi connectivity index (χ1v) is 22.2. The lowest BCUT2D eigenvalue weighted by atomic mass is 9.84. The summed E-state index contributed by atoms with van der Waals surface area (Å²) in [6.45, 7) is 19.5. The lowest BCUT2D eigenvalue weighted by molar-refractivity contribution is -0.156. The minimum atomic E-state index is -1.10. The van der Waals surface area contributed by atoms with Crippen LogP contribution in [-0.2, 0) is 48.6 Å². The molecule has 2 amide bonds.